The van der Waals surface area contributed by atoms with Gasteiger partial charge in [0, 0.05) is 51.9 Å². The molecule has 0 atom stereocenters. The molecule has 1 fully saturated rings. The summed E-state index contributed by atoms with van der Waals surface area (Å²) in [6.45, 7) is 8.38. The average molecular weight is 354 g/mol. The molecule has 0 unspecified atom stereocenters. The van der Waals surface area contributed by atoms with Crippen molar-refractivity contribution in [3.05, 3.63) is 47.7 Å². The van der Waals surface area contributed by atoms with Gasteiger partial charge in [-0.2, -0.15) is 5.26 Å². The van der Waals surface area contributed by atoms with Crippen LogP contribution in [-0.2, 0) is 16.1 Å². The summed E-state index contributed by atoms with van der Waals surface area (Å²) in [4.78, 5) is 29.7. The Bertz CT molecular complexity index is 698. The monoisotopic (exact) mass is 354 g/mol. The number of hydrogen-bond donors (Lipinski definition) is 0. The van der Waals surface area contributed by atoms with Crippen molar-refractivity contribution < 1.29 is 9.59 Å². The van der Waals surface area contributed by atoms with Gasteiger partial charge in [-0.1, -0.05) is 30.3 Å². The third kappa shape index (κ3) is 5.09. The molecule has 6 heteroatoms. The highest BCUT2D eigenvalue weighted by atomic mass is 16.2. The lowest BCUT2D eigenvalue weighted by atomic mass is 10.1. The minimum Gasteiger partial charge on any atom is -0.373 e. The fourth-order valence-corrected chi connectivity index (χ4v) is 2.90. The third-order valence-electron chi connectivity index (χ3n) is 4.50. The minimum absolute atomic E-state index is 0.0194. The number of carbonyl (C=O) groups is 2. The number of piperazine rings is 1. The van der Waals surface area contributed by atoms with E-state index < -0.39 is 0 Å². The fraction of sp³-hybridized carbons (Fsp3) is 0.450. The summed E-state index contributed by atoms with van der Waals surface area (Å²) in [5.74, 6) is -0.209. The third-order valence-corrected chi connectivity index (χ3v) is 4.50. The Morgan fingerprint density at radius 2 is 1.81 bits per heavy atom. The van der Waals surface area contributed by atoms with E-state index >= 15 is 0 Å². The molecular weight excluding hydrogens is 328 g/mol. The smallest absolute Gasteiger partial charge is 0.266 e. The van der Waals surface area contributed by atoms with E-state index in [1.807, 2.05) is 49.1 Å². The molecule has 0 bridgehead atoms. The van der Waals surface area contributed by atoms with Gasteiger partial charge in [-0.3, -0.25) is 9.59 Å². The van der Waals surface area contributed by atoms with E-state index in [-0.39, 0.29) is 23.4 Å². The Labute approximate surface area is 155 Å². The summed E-state index contributed by atoms with van der Waals surface area (Å²) < 4.78 is 0. The molecule has 1 aromatic rings. The highest BCUT2D eigenvalue weighted by molar-refractivity contribution is 5.97. The van der Waals surface area contributed by atoms with Gasteiger partial charge in [0.25, 0.3) is 5.91 Å². The van der Waals surface area contributed by atoms with E-state index in [1.165, 1.54) is 0 Å². The number of benzene rings is 1. The molecule has 2 amide bonds. The van der Waals surface area contributed by atoms with Crippen molar-refractivity contribution >= 4 is 11.8 Å². The van der Waals surface area contributed by atoms with Crippen molar-refractivity contribution in [3.63, 3.8) is 0 Å². The van der Waals surface area contributed by atoms with Crippen LogP contribution in [0.3, 0.4) is 0 Å². The zero-order chi connectivity index (χ0) is 19.1. The van der Waals surface area contributed by atoms with Gasteiger partial charge in [0.05, 0.1) is 0 Å². The number of nitrogens with zero attached hydrogens (tertiary/aromatic N) is 4. The van der Waals surface area contributed by atoms with Crippen LogP contribution in [0, 0.1) is 11.3 Å². The van der Waals surface area contributed by atoms with Crippen LogP contribution >= 0.6 is 0 Å². The first kappa shape index (κ1) is 19.5. The van der Waals surface area contributed by atoms with Gasteiger partial charge in [-0.05, 0) is 19.4 Å². The van der Waals surface area contributed by atoms with E-state index in [2.05, 4.69) is 6.07 Å². The topological polar surface area (TPSA) is 67.6 Å². The second kappa shape index (κ2) is 9.04. The molecule has 1 saturated heterocycles. The first-order chi connectivity index (χ1) is 12.4. The summed E-state index contributed by atoms with van der Waals surface area (Å²) in [7, 11) is 0. The van der Waals surface area contributed by atoms with Gasteiger partial charge in [0.15, 0.2) is 0 Å². The lowest BCUT2D eigenvalue weighted by Gasteiger charge is -2.34. The number of carbonyl (C=O) groups excluding carboxylic acids is 2. The molecule has 0 N–H and O–H groups in total. The Hall–Kier alpha value is -2.81. The molecule has 1 heterocycles. The van der Waals surface area contributed by atoms with Crippen molar-refractivity contribution in [2.45, 2.75) is 33.4 Å². The maximum atomic E-state index is 12.9. The summed E-state index contributed by atoms with van der Waals surface area (Å²) in [5, 5.41) is 9.51. The average Bonchev–Trinajstić information content (AvgIpc) is 2.64. The van der Waals surface area contributed by atoms with Crippen LogP contribution < -0.4 is 0 Å². The normalized spacial score (nSPS) is 15.0. The molecule has 0 aromatic heterocycles. The van der Waals surface area contributed by atoms with Crippen LogP contribution in [-0.4, -0.2) is 58.7 Å². The van der Waals surface area contributed by atoms with Crippen LogP contribution in [0.1, 0.15) is 26.3 Å². The van der Waals surface area contributed by atoms with Crippen LogP contribution in [0.2, 0.25) is 0 Å². The van der Waals surface area contributed by atoms with Crippen molar-refractivity contribution in [3.8, 4) is 6.07 Å². The SMILES string of the molecule is CC(=O)N1CCN(/C=C(/C#N)C(=O)N(Cc2ccccc2)C(C)C)CC1. The first-order valence-corrected chi connectivity index (χ1v) is 8.88. The lowest BCUT2D eigenvalue weighted by Crippen LogP contribution is -2.46. The predicted octanol–water partition coefficient (Wildman–Crippen LogP) is 2.00. The zero-order valence-electron chi connectivity index (χ0n) is 15.7. The van der Waals surface area contributed by atoms with Crippen molar-refractivity contribution in [1.29, 1.82) is 5.26 Å². The molecule has 1 aromatic carbocycles. The molecule has 138 valence electrons. The van der Waals surface area contributed by atoms with Gasteiger partial charge in [0.1, 0.15) is 11.6 Å². The molecule has 26 heavy (non-hydrogen) atoms. The first-order valence-electron chi connectivity index (χ1n) is 8.88. The number of amides is 2. The Morgan fingerprint density at radius 1 is 1.19 bits per heavy atom. The van der Waals surface area contributed by atoms with Crippen LogP contribution in [0.15, 0.2) is 42.1 Å². The number of hydrogen-bond acceptors (Lipinski definition) is 4. The summed E-state index contributed by atoms with van der Waals surface area (Å²) in [5.41, 5.74) is 1.16. The van der Waals surface area contributed by atoms with Gasteiger partial charge in [0.2, 0.25) is 5.91 Å². The summed E-state index contributed by atoms with van der Waals surface area (Å²) in [6, 6.07) is 11.8. The lowest BCUT2D eigenvalue weighted by molar-refractivity contribution is -0.131. The summed E-state index contributed by atoms with van der Waals surface area (Å²) >= 11 is 0. The quantitative estimate of drug-likeness (QED) is 0.599. The van der Waals surface area contributed by atoms with Crippen LogP contribution in [0.25, 0.3) is 0 Å². The minimum atomic E-state index is -0.264. The molecule has 0 saturated carbocycles. The Morgan fingerprint density at radius 3 is 2.31 bits per heavy atom. The molecular formula is C20H26N4O2. The molecule has 1 aliphatic rings. The van der Waals surface area contributed by atoms with E-state index in [0.29, 0.717) is 32.7 Å². The van der Waals surface area contributed by atoms with Crippen molar-refractivity contribution in [2.24, 2.45) is 0 Å². The maximum Gasteiger partial charge on any atom is 0.266 e. The van der Waals surface area contributed by atoms with E-state index in [1.54, 1.807) is 22.9 Å². The second-order valence-electron chi connectivity index (χ2n) is 6.71. The zero-order valence-corrected chi connectivity index (χ0v) is 15.7. The Balaban J connectivity index is 2.10. The highest BCUT2D eigenvalue weighted by Gasteiger charge is 2.23. The molecule has 0 radical (unpaired) electrons. The highest BCUT2D eigenvalue weighted by Crippen LogP contribution is 2.14. The Kier molecular flexibility index (Phi) is 6.79. The van der Waals surface area contributed by atoms with Crippen LogP contribution in [0.4, 0.5) is 0 Å². The number of nitriles is 1. The van der Waals surface area contributed by atoms with Crippen molar-refractivity contribution in [2.75, 3.05) is 26.2 Å². The standard InChI is InChI=1S/C20H26N4O2/c1-16(2)24(14-18-7-5-4-6-8-18)20(26)19(13-21)15-22-9-11-23(12-10-22)17(3)25/h4-8,15-16H,9-12,14H2,1-3H3/b19-15-. The van der Waals surface area contributed by atoms with Gasteiger partial charge < -0.3 is 14.7 Å². The van der Waals surface area contributed by atoms with Crippen molar-refractivity contribution in [1.82, 2.24) is 14.7 Å². The van der Waals surface area contributed by atoms with Gasteiger partial charge in [-0.25, -0.2) is 0 Å². The maximum absolute atomic E-state index is 12.9. The molecule has 0 aliphatic carbocycles. The predicted molar refractivity (Wildman–Crippen MR) is 99.7 cm³/mol. The van der Waals surface area contributed by atoms with Crippen LogP contribution in [0.5, 0.6) is 0 Å². The molecule has 0 spiro atoms. The largest absolute Gasteiger partial charge is 0.373 e. The van der Waals surface area contributed by atoms with Gasteiger partial charge >= 0.3 is 0 Å². The fourth-order valence-electron chi connectivity index (χ4n) is 2.90. The van der Waals surface area contributed by atoms with Gasteiger partial charge in [-0.15, -0.1) is 0 Å². The molecule has 2 rings (SSSR count). The number of rotatable bonds is 5. The van der Waals surface area contributed by atoms with E-state index in [0.717, 1.165) is 5.56 Å². The van der Waals surface area contributed by atoms with E-state index in [4.69, 9.17) is 0 Å². The summed E-state index contributed by atoms with van der Waals surface area (Å²) in [6.07, 6.45) is 1.64. The van der Waals surface area contributed by atoms with E-state index in [9.17, 15) is 14.9 Å². The second-order valence-corrected chi connectivity index (χ2v) is 6.71. The molecule has 1 aliphatic heterocycles. The molecule has 6 nitrogen and oxygen atoms in total.